The van der Waals surface area contributed by atoms with Gasteiger partial charge in [0, 0.05) is 12.3 Å². The Morgan fingerprint density at radius 3 is 2.88 bits per heavy atom. The van der Waals surface area contributed by atoms with E-state index in [2.05, 4.69) is 18.5 Å². The van der Waals surface area contributed by atoms with Gasteiger partial charge >= 0.3 is 0 Å². The van der Waals surface area contributed by atoms with Crippen LogP contribution in [0.3, 0.4) is 0 Å². The van der Waals surface area contributed by atoms with E-state index in [1.807, 2.05) is 18.2 Å². The highest BCUT2D eigenvalue weighted by Gasteiger charge is 2.02. The number of thioether (sulfide) groups is 1. The molecule has 0 bridgehead atoms. The molecule has 0 aliphatic rings. The minimum Gasteiger partial charge on any atom is -0.491 e. The van der Waals surface area contributed by atoms with E-state index in [0.717, 1.165) is 24.6 Å². The highest BCUT2D eigenvalue weighted by atomic mass is 35.5. The highest BCUT2D eigenvalue weighted by molar-refractivity contribution is 7.98. The smallest absolute Gasteiger partial charge is 0.137 e. The Bertz CT molecular complexity index is 320. The van der Waals surface area contributed by atoms with Crippen LogP contribution in [0.5, 0.6) is 5.75 Å². The van der Waals surface area contributed by atoms with Crippen LogP contribution in [0.4, 0.5) is 0 Å². The molecule has 2 nitrogen and oxygen atoms in total. The molecule has 4 heteroatoms. The van der Waals surface area contributed by atoms with Crippen LogP contribution < -0.4 is 10.1 Å². The third-order valence-corrected chi connectivity index (χ3v) is 2.99. The molecule has 0 saturated carbocycles. The molecular formula is C12H18ClNOS. The van der Waals surface area contributed by atoms with E-state index in [4.69, 9.17) is 16.3 Å². The van der Waals surface area contributed by atoms with Crippen molar-refractivity contribution in [2.75, 3.05) is 25.2 Å². The lowest BCUT2D eigenvalue weighted by atomic mass is 10.2. The van der Waals surface area contributed by atoms with Crippen molar-refractivity contribution in [3.05, 3.63) is 28.8 Å². The Hall–Kier alpha value is -0.380. The van der Waals surface area contributed by atoms with Gasteiger partial charge in [-0.3, -0.25) is 0 Å². The third-order valence-electron chi connectivity index (χ3n) is 2.12. The van der Waals surface area contributed by atoms with Crippen molar-refractivity contribution in [1.82, 2.24) is 5.32 Å². The van der Waals surface area contributed by atoms with Crippen LogP contribution in [0, 0.1) is 0 Å². The number of ether oxygens (including phenoxy) is 1. The van der Waals surface area contributed by atoms with Crippen LogP contribution >= 0.6 is 23.4 Å². The SMILES string of the molecule is CCNCc1ccc(OCCSC)c(Cl)c1. The molecule has 90 valence electrons. The van der Waals surface area contributed by atoms with Gasteiger partial charge in [0.05, 0.1) is 11.6 Å². The van der Waals surface area contributed by atoms with Gasteiger partial charge in [0.15, 0.2) is 0 Å². The summed E-state index contributed by atoms with van der Waals surface area (Å²) >= 11 is 7.89. The first-order chi connectivity index (χ1) is 7.77. The Labute approximate surface area is 107 Å². The summed E-state index contributed by atoms with van der Waals surface area (Å²) in [7, 11) is 0. The van der Waals surface area contributed by atoms with Crippen LogP contribution in [0.2, 0.25) is 5.02 Å². The zero-order chi connectivity index (χ0) is 11.8. The summed E-state index contributed by atoms with van der Waals surface area (Å²) in [5, 5.41) is 3.95. The van der Waals surface area contributed by atoms with Gasteiger partial charge in [-0.25, -0.2) is 0 Å². The zero-order valence-corrected chi connectivity index (χ0v) is 11.3. The fraction of sp³-hybridized carbons (Fsp3) is 0.500. The fourth-order valence-electron chi connectivity index (χ4n) is 1.28. The average Bonchev–Trinajstić information content (AvgIpc) is 2.29. The van der Waals surface area contributed by atoms with Crippen molar-refractivity contribution >= 4 is 23.4 Å². The summed E-state index contributed by atoms with van der Waals surface area (Å²) in [4.78, 5) is 0. The van der Waals surface area contributed by atoms with E-state index in [1.54, 1.807) is 11.8 Å². The van der Waals surface area contributed by atoms with Gasteiger partial charge in [0.2, 0.25) is 0 Å². The number of rotatable bonds is 7. The third kappa shape index (κ3) is 4.64. The molecule has 0 amide bonds. The van der Waals surface area contributed by atoms with Gasteiger partial charge in [-0.05, 0) is 30.5 Å². The van der Waals surface area contributed by atoms with Crippen molar-refractivity contribution in [3.63, 3.8) is 0 Å². The minimum absolute atomic E-state index is 0.691. The Morgan fingerprint density at radius 1 is 1.44 bits per heavy atom. The molecule has 0 fully saturated rings. The van der Waals surface area contributed by atoms with Gasteiger partial charge in [0.1, 0.15) is 5.75 Å². The Morgan fingerprint density at radius 2 is 2.25 bits per heavy atom. The standard InChI is InChI=1S/C12H18ClNOS/c1-3-14-9-10-4-5-12(11(13)8-10)15-6-7-16-2/h4-5,8,14H,3,6-7,9H2,1-2H3. The van der Waals surface area contributed by atoms with E-state index in [0.29, 0.717) is 11.6 Å². The molecule has 16 heavy (non-hydrogen) atoms. The van der Waals surface area contributed by atoms with Gasteiger partial charge in [-0.2, -0.15) is 11.8 Å². The predicted octanol–water partition coefficient (Wildman–Crippen LogP) is 3.19. The van der Waals surface area contributed by atoms with Gasteiger partial charge < -0.3 is 10.1 Å². The molecular weight excluding hydrogens is 242 g/mol. The quantitative estimate of drug-likeness (QED) is 0.760. The second-order valence-corrected chi connectivity index (χ2v) is 4.78. The molecule has 1 rings (SSSR count). The van der Waals surface area contributed by atoms with Crippen LogP contribution in [0.25, 0.3) is 0 Å². The van der Waals surface area contributed by atoms with Crippen molar-refractivity contribution in [2.45, 2.75) is 13.5 Å². The number of nitrogens with one attached hydrogen (secondary N) is 1. The molecule has 0 unspecified atom stereocenters. The largest absolute Gasteiger partial charge is 0.491 e. The Kier molecular flexibility index (Phi) is 6.69. The number of hydrogen-bond acceptors (Lipinski definition) is 3. The monoisotopic (exact) mass is 259 g/mol. The normalized spacial score (nSPS) is 10.4. The van der Waals surface area contributed by atoms with Gasteiger partial charge in [0.25, 0.3) is 0 Å². The van der Waals surface area contributed by atoms with Crippen molar-refractivity contribution < 1.29 is 4.74 Å². The molecule has 0 radical (unpaired) electrons. The van der Waals surface area contributed by atoms with Gasteiger partial charge in [-0.1, -0.05) is 24.6 Å². The topological polar surface area (TPSA) is 21.3 Å². The minimum atomic E-state index is 0.691. The maximum Gasteiger partial charge on any atom is 0.137 e. The lowest BCUT2D eigenvalue weighted by Gasteiger charge is -2.09. The molecule has 1 aromatic carbocycles. The van der Waals surface area contributed by atoms with Crippen LogP contribution in [-0.4, -0.2) is 25.2 Å². The second kappa shape index (κ2) is 7.82. The first kappa shape index (κ1) is 13.7. The lowest BCUT2D eigenvalue weighted by Crippen LogP contribution is -2.11. The van der Waals surface area contributed by atoms with Crippen molar-refractivity contribution in [1.29, 1.82) is 0 Å². The van der Waals surface area contributed by atoms with Gasteiger partial charge in [-0.15, -0.1) is 0 Å². The maximum atomic E-state index is 6.13. The highest BCUT2D eigenvalue weighted by Crippen LogP contribution is 2.25. The summed E-state index contributed by atoms with van der Waals surface area (Å²) in [6.45, 7) is 4.60. The fourth-order valence-corrected chi connectivity index (χ4v) is 1.78. The second-order valence-electron chi connectivity index (χ2n) is 3.39. The van der Waals surface area contributed by atoms with Crippen LogP contribution in [0.15, 0.2) is 18.2 Å². The summed E-state index contributed by atoms with van der Waals surface area (Å²) < 4.78 is 5.56. The molecule has 0 spiro atoms. The molecule has 1 aromatic rings. The first-order valence-corrected chi connectivity index (χ1v) is 7.16. The maximum absolute atomic E-state index is 6.13. The molecule has 1 N–H and O–H groups in total. The molecule has 0 saturated heterocycles. The number of benzene rings is 1. The Balaban J connectivity index is 2.53. The van der Waals surface area contributed by atoms with Crippen molar-refractivity contribution in [2.24, 2.45) is 0 Å². The van der Waals surface area contributed by atoms with E-state index in [-0.39, 0.29) is 0 Å². The molecule has 0 heterocycles. The summed E-state index contributed by atoms with van der Waals surface area (Å²) in [5.41, 5.74) is 1.18. The number of hydrogen-bond donors (Lipinski definition) is 1. The molecule has 0 aliphatic carbocycles. The average molecular weight is 260 g/mol. The summed E-state index contributed by atoms with van der Waals surface area (Å²) in [6.07, 6.45) is 2.06. The molecule has 0 atom stereocenters. The van der Waals surface area contributed by atoms with E-state index in [9.17, 15) is 0 Å². The van der Waals surface area contributed by atoms with E-state index in [1.165, 1.54) is 5.56 Å². The van der Waals surface area contributed by atoms with Crippen LogP contribution in [0.1, 0.15) is 12.5 Å². The van der Waals surface area contributed by atoms with E-state index < -0.39 is 0 Å². The number of halogens is 1. The molecule has 0 aromatic heterocycles. The zero-order valence-electron chi connectivity index (χ0n) is 9.75. The molecule has 0 aliphatic heterocycles. The van der Waals surface area contributed by atoms with E-state index >= 15 is 0 Å². The van der Waals surface area contributed by atoms with Crippen LogP contribution in [-0.2, 0) is 6.54 Å². The first-order valence-electron chi connectivity index (χ1n) is 5.38. The summed E-state index contributed by atoms with van der Waals surface area (Å²) in [5.74, 6) is 1.76. The van der Waals surface area contributed by atoms with Crippen molar-refractivity contribution in [3.8, 4) is 5.75 Å². The summed E-state index contributed by atoms with van der Waals surface area (Å²) in [6, 6.07) is 5.94. The lowest BCUT2D eigenvalue weighted by molar-refractivity contribution is 0.344. The predicted molar refractivity (Wildman–Crippen MR) is 72.7 cm³/mol.